The monoisotopic (exact) mass is 427 g/mol. The molecule has 2 amide bonds. The molecule has 10 heteroatoms. The van der Waals surface area contributed by atoms with E-state index in [-0.39, 0.29) is 24.9 Å². The fourth-order valence-electron chi connectivity index (χ4n) is 3.02. The maximum atomic E-state index is 12.5. The number of nitrogens with zero attached hydrogens (tertiary/aromatic N) is 3. The highest BCUT2D eigenvalue weighted by molar-refractivity contribution is 7.07. The van der Waals surface area contributed by atoms with Crippen LogP contribution in [0.25, 0.3) is 0 Å². The lowest BCUT2D eigenvalue weighted by Crippen LogP contribution is -2.41. The van der Waals surface area contributed by atoms with Crippen LogP contribution in [0.15, 0.2) is 46.9 Å². The first-order chi connectivity index (χ1) is 13.8. The molecule has 1 aliphatic heterocycles. The topological polar surface area (TPSA) is 63.9 Å². The molecule has 29 heavy (non-hydrogen) atoms. The standard InChI is InChI=1S/C19H20F3N3O3S/c20-19(21,22)13-28-18(27)24-8-6-15(7-9-24)16(26)23-17-25(10-11-29-17)12-14-4-2-1-3-5-14/h1-5,10-11,15H,6-9,12-13H2. The second-order valence-electron chi connectivity index (χ2n) is 6.68. The van der Waals surface area contributed by atoms with Crippen molar-refractivity contribution < 1.29 is 27.5 Å². The summed E-state index contributed by atoms with van der Waals surface area (Å²) in [4.78, 5) is 30.3. The molecule has 6 nitrogen and oxygen atoms in total. The second kappa shape index (κ2) is 9.25. The number of halogens is 3. The van der Waals surface area contributed by atoms with E-state index in [1.807, 2.05) is 46.5 Å². The number of benzene rings is 1. The molecular formula is C19H20F3N3O3S. The number of carbonyl (C=O) groups excluding carboxylic acids is 2. The molecule has 2 aromatic rings. The molecule has 0 atom stereocenters. The summed E-state index contributed by atoms with van der Waals surface area (Å²) >= 11 is 1.36. The first kappa shape index (κ1) is 21.1. The lowest BCUT2D eigenvalue weighted by atomic mass is 9.96. The average Bonchev–Trinajstić information content (AvgIpc) is 3.13. The minimum atomic E-state index is -4.56. The molecule has 0 bridgehead atoms. The van der Waals surface area contributed by atoms with E-state index in [1.165, 1.54) is 16.2 Å². The SMILES string of the molecule is O=C(N=c1sccn1Cc1ccccc1)C1CCN(C(=O)OCC(F)(F)F)CC1. The minimum absolute atomic E-state index is 0.164. The number of piperidine rings is 1. The van der Waals surface area contributed by atoms with Gasteiger partial charge in [0.15, 0.2) is 11.4 Å². The van der Waals surface area contributed by atoms with Crippen LogP contribution in [0, 0.1) is 5.92 Å². The Labute approximate surface area is 169 Å². The summed E-state index contributed by atoms with van der Waals surface area (Å²) in [5.41, 5.74) is 1.09. The van der Waals surface area contributed by atoms with Crippen LogP contribution in [-0.4, -0.2) is 47.3 Å². The summed E-state index contributed by atoms with van der Waals surface area (Å²) in [6, 6.07) is 9.80. The van der Waals surface area contributed by atoms with Gasteiger partial charge in [-0.2, -0.15) is 18.2 Å². The predicted octanol–water partition coefficient (Wildman–Crippen LogP) is 3.44. The third-order valence-electron chi connectivity index (χ3n) is 4.52. The molecule has 1 fully saturated rings. The van der Waals surface area contributed by atoms with Crippen molar-refractivity contribution >= 4 is 23.3 Å². The molecule has 156 valence electrons. The normalized spacial score (nSPS) is 16.1. The predicted molar refractivity (Wildman–Crippen MR) is 100 cm³/mol. The van der Waals surface area contributed by atoms with Crippen LogP contribution in [0.5, 0.6) is 0 Å². The van der Waals surface area contributed by atoms with Gasteiger partial charge in [0, 0.05) is 37.1 Å². The molecular weight excluding hydrogens is 407 g/mol. The van der Waals surface area contributed by atoms with E-state index in [2.05, 4.69) is 9.73 Å². The Morgan fingerprint density at radius 2 is 1.86 bits per heavy atom. The molecule has 2 heterocycles. The van der Waals surface area contributed by atoms with Gasteiger partial charge in [-0.25, -0.2) is 4.79 Å². The van der Waals surface area contributed by atoms with Gasteiger partial charge in [-0.15, -0.1) is 11.3 Å². The Morgan fingerprint density at radius 3 is 2.52 bits per heavy atom. The van der Waals surface area contributed by atoms with Gasteiger partial charge in [0.2, 0.25) is 0 Å². The molecule has 0 unspecified atom stereocenters. The van der Waals surface area contributed by atoms with Crippen LogP contribution in [0.3, 0.4) is 0 Å². The zero-order valence-electron chi connectivity index (χ0n) is 15.5. The lowest BCUT2D eigenvalue weighted by Gasteiger charge is -2.29. The Morgan fingerprint density at radius 1 is 1.17 bits per heavy atom. The van der Waals surface area contributed by atoms with Gasteiger partial charge in [0.05, 0.1) is 0 Å². The van der Waals surface area contributed by atoms with Crippen molar-refractivity contribution in [2.24, 2.45) is 10.9 Å². The van der Waals surface area contributed by atoms with E-state index < -0.39 is 18.9 Å². The fourth-order valence-corrected chi connectivity index (χ4v) is 3.75. The highest BCUT2D eigenvalue weighted by atomic mass is 32.1. The largest absolute Gasteiger partial charge is 0.440 e. The number of rotatable bonds is 4. The molecule has 1 aromatic carbocycles. The molecule has 0 aliphatic carbocycles. The Hall–Kier alpha value is -2.62. The van der Waals surface area contributed by atoms with E-state index >= 15 is 0 Å². The number of carbonyl (C=O) groups is 2. The van der Waals surface area contributed by atoms with Crippen molar-refractivity contribution in [3.8, 4) is 0 Å². The maximum Gasteiger partial charge on any atom is 0.422 e. The van der Waals surface area contributed by atoms with Crippen molar-refractivity contribution in [3.63, 3.8) is 0 Å². The van der Waals surface area contributed by atoms with Gasteiger partial charge in [-0.05, 0) is 18.4 Å². The molecule has 1 aromatic heterocycles. The quantitative estimate of drug-likeness (QED) is 0.751. The molecule has 0 spiro atoms. The van der Waals surface area contributed by atoms with Crippen molar-refractivity contribution in [2.45, 2.75) is 25.6 Å². The first-order valence-electron chi connectivity index (χ1n) is 9.07. The Balaban J connectivity index is 1.56. The zero-order chi connectivity index (χ0) is 20.9. The number of amides is 2. The summed E-state index contributed by atoms with van der Waals surface area (Å²) in [6.45, 7) is -0.687. The van der Waals surface area contributed by atoms with Gasteiger partial charge in [-0.3, -0.25) is 4.79 Å². The van der Waals surface area contributed by atoms with Crippen LogP contribution >= 0.6 is 11.3 Å². The molecule has 1 saturated heterocycles. The number of hydrogen-bond acceptors (Lipinski definition) is 4. The summed E-state index contributed by atoms with van der Waals surface area (Å²) in [7, 11) is 0. The van der Waals surface area contributed by atoms with Gasteiger partial charge in [0.1, 0.15) is 0 Å². The molecule has 0 radical (unpaired) electrons. The van der Waals surface area contributed by atoms with Crippen LogP contribution in [0.4, 0.5) is 18.0 Å². The van der Waals surface area contributed by atoms with Crippen LogP contribution in [0.1, 0.15) is 18.4 Å². The van der Waals surface area contributed by atoms with Crippen LogP contribution in [0.2, 0.25) is 0 Å². The zero-order valence-corrected chi connectivity index (χ0v) is 16.3. The smallest absolute Gasteiger partial charge is 0.422 e. The number of thiazole rings is 1. The first-order valence-corrected chi connectivity index (χ1v) is 9.95. The molecule has 3 rings (SSSR count). The van der Waals surface area contributed by atoms with Crippen molar-refractivity contribution in [1.29, 1.82) is 0 Å². The second-order valence-corrected chi connectivity index (χ2v) is 7.55. The average molecular weight is 427 g/mol. The van der Waals surface area contributed by atoms with Crippen molar-refractivity contribution in [1.82, 2.24) is 9.47 Å². The lowest BCUT2D eigenvalue weighted by molar-refractivity contribution is -0.162. The number of ether oxygens (including phenoxy) is 1. The summed E-state index contributed by atoms with van der Waals surface area (Å²) in [5, 5.41) is 1.86. The van der Waals surface area contributed by atoms with E-state index in [1.54, 1.807) is 0 Å². The van der Waals surface area contributed by atoms with Gasteiger partial charge < -0.3 is 14.2 Å². The minimum Gasteiger partial charge on any atom is -0.440 e. The molecule has 0 saturated carbocycles. The van der Waals surface area contributed by atoms with E-state index in [0.29, 0.717) is 24.2 Å². The maximum absolute atomic E-state index is 12.5. The Kier molecular flexibility index (Phi) is 6.73. The Bertz CT molecular complexity index is 900. The number of hydrogen-bond donors (Lipinski definition) is 0. The van der Waals surface area contributed by atoms with E-state index in [4.69, 9.17) is 0 Å². The number of alkyl halides is 3. The highest BCUT2D eigenvalue weighted by Crippen LogP contribution is 2.20. The summed E-state index contributed by atoms with van der Waals surface area (Å²) in [5.74, 6) is -0.647. The van der Waals surface area contributed by atoms with Crippen LogP contribution < -0.4 is 4.80 Å². The van der Waals surface area contributed by atoms with E-state index in [0.717, 1.165) is 5.56 Å². The van der Waals surface area contributed by atoms with Gasteiger partial charge in [-0.1, -0.05) is 30.3 Å². The molecule has 1 aliphatic rings. The number of likely N-dealkylation sites (tertiary alicyclic amines) is 1. The third kappa shape index (κ3) is 6.18. The fraction of sp³-hybridized carbons (Fsp3) is 0.421. The van der Waals surface area contributed by atoms with Crippen LogP contribution in [-0.2, 0) is 16.1 Å². The van der Waals surface area contributed by atoms with Gasteiger partial charge >= 0.3 is 12.3 Å². The van der Waals surface area contributed by atoms with Gasteiger partial charge in [0.25, 0.3) is 5.91 Å². The van der Waals surface area contributed by atoms with E-state index in [9.17, 15) is 22.8 Å². The highest BCUT2D eigenvalue weighted by Gasteiger charge is 2.32. The summed E-state index contributed by atoms with van der Waals surface area (Å²) in [6.07, 6.45) is -3.02. The number of aromatic nitrogens is 1. The third-order valence-corrected chi connectivity index (χ3v) is 5.32. The van der Waals surface area contributed by atoms with Crippen molar-refractivity contribution in [2.75, 3.05) is 19.7 Å². The summed E-state index contributed by atoms with van der Waals surface area (Å²) < 4.78 is 42.6. The molecule has 0 N–H and O–H groups in total. The van der Waals surface area contributed by atoms with Crippen molar-refractivity contribution in [3.05, 3.63) is 52.3 Å².